The molecule has 9 heteroatoms. The fourth-order valence-corrected chi connectivity index (χ4v) is 3.99. The number of aryl methyl sites for hydroxylation is 1. The number of anilines is 1. The minimum atomic E-state index is -0.290. The number of carbonyl (C=O) groups is 1. The average Bonchev–Trinajstić information content (AvgIpc) is 2.76. The molecule has 31 heavy (non-hydrogen) atoms. The zero-order valence-corrected chi connectivity index (χ0v) is 18.2. The number of benzene rings is 2. The van der Waals surface area contributed by atoms with Crippen LogP contribution in [0.25, 0.3) is 10.9 Å². The van der Waals surface area contributed by atoms with E-state index in [2.05, 4.69) is 20.3 Å². The number of thioether (sulfide) groups is 1. The predicted molar refractivity (Wildman–Crippen MR) is 123 cm³/mol. The van der Waals surface area contributed by atoms with E-state index < -0.39 is 0 Å². The van der Waals surface area contributed by atoms with Crippen molar-refractivity contribution in [3.63, 3.8) is 0 Å². The highest BCUT2D eigenvalue weighted by atomic mass is 35.5. The lowest BCUT2D eigenvalue weighted by atomic mass is 10.2. The van der Waals surface area contributed by atoms with E-state index in [-0.39, 0.29) is 29.7 Å². The van der Waals surface area contributed by atoms with Gasteiger partial charge in [-0.15, -0.1) is 0 Å². The van der Waals surface area contributed by atoms with E-state index in [9.17, 15) is 9.59 Å². The van der Waals surface area contributed by atoms with Crippen LogP contribution in [0.15, 0.2) is 70.7 Å². The summed E-state index contributed by atoms with van der Waals surface area (Å²) in [7, 11) is 0. The van der Waals surface area contributed by atoms with Gasteiger partial charge in [0.25, 0.3) is 5.56 Å². The number of halogens is 1. The monoisotopic (exact) mass is 451 g/mol. The van der Waals surface area contributed by atoms with E-state index in [0.29, 0.717) is 21.1 Å². The van der Waals surface area contributed by atoms with Gasteiger partial charge in [0.2, 0.25) is 11.9 Å². The number of hydrogen-bond donors (Lipinski definition) is 1. The SMILES string of the molecule is Cc1ccnc(NC(=O)CSc2nc3ccccc3c(=O)n2Cc2ccccc2Cl)n1. The predicted octanol–water partition coefficient (Wildman–Crippen LogP) is 3.93. The van der Waals surface area contributed by atoms with Crippen molar-refractivity contribution >= 4 is 46.1 Å². The summed E-state index contributed by atoms with van der Waals surface area (Å²) in [5.74, 6) is -0.00207. The van der Waals surface area contributed by atoms with E-state index in [1.54, 1.807) is 41.1 Å². The summed E-state index contributed by atoms with van der Waals surface area (Å²) >= 11 is 7.48. The van der Waals surface area contributed by atoms with Crippen molar-refractivity contribution < 1.29 is 4.79 Å². The number of nitrogens with zero attached hydrogens (tertiary/aromatic N) is 4. The smallest absolute Gasteiger partial charge is 0.262 e. The molecule has 7 nitrogen and oxygen atoms in total. The van der Waals surface area contributed by atoms with Gasteiger partial charge in [0.15, 0.2) is 5.16 Å². The van der Waals surface area contributed by atoms with Gasteiger partial charge < -0.3 is 0 Å². The summed E-state index contributed by atoms with van der Waals surface area (Å²) in [5.41, 5.74) is 1.94. The second-order valence-electron chi connectivity index (χ2n) is 6.75. The minimum absolute atomic E-state index is 0.0462. The van der Waals surface area contributed by atoms with E-state index in [1.165, 1.54) is 11.8 Å². The van der Waals surface area contributed by atoms with Crippen LogP contribution in [0.3, 0.4) is 0 Å². The number of fused-ring (bicyclic) bond motifs is 1. The molecule has 0 atom stereocenters. The molecule has 2 heterocycles. The van der Waals surface area contributed by atoms with Crippen LogP contribution >= 0.6 is 23.4 Å². The van der Waals surface area contributed by atoms with Crippen molar-refractivity contribution in [1.82, 2.24) is 19.5 Å². The lowest BCUT2D eigenvalue weighted by Crippen LogP contribution is -2.25. The first-order valence-corrected chi connectivity index (χ1v) is 10.8. The Morgan fingerprint density at radius 2 is 1.87 bits per heavy atom. The Balaban J connectivity index is 1.63. The maximum Gasteiger partial charge on any atom is 0.262 e. The first-order chi connectivity index (χ1) is 15.0. The molecular formula is C22H18ClN5O2S. The average molecular weight is 452 g/mol. The van der Waals surface area contributed by atoms with Gasteiger partial charge in [-0.1, -0.05) is 53.7 Å². The summed E-state index contributed by atoms with van der Waals surface area (Å²) in [5, 5.41) is 4.17. The molecule has 0 aliphatic heterocycles. The van der Waals surface area contributed by atoms with Gasteiger partial charge in [-0.25, -0.2) is 15.0 Å². The third-order valence-corrected chi connectivity index (χ3v) is 5.84. The van der Waals surface area contributed by atoms with Gasteiger partial charge in [-0.05, 0) is 36.8 Å². The van der Waals surface area contributed by atoms with Crippen LogP contribution in [0, 0.1) is 6.92 Å². The molecule has 0 spiro atoms. The fourth-order valence-electron chi connectivity index (χ4n) is 2.99. The van der Waals surface area contributed by atoms with Gasteiger partial charge in [-0.3, -0.25) is 19.5 Å². The maximum atomic E-state index is 13.2. The Morgan fingerprint density at radius 3 is 2.68 bits per heavy atom. The highest BCUT2D eigenvalue weighted by Crippen LogP contribution is 2.22. The molecule has 0 unspecified atom stereocenters. The third kappa shape index (κ3) is 4.92. The first kappa shape index (κ1) is 21.0. The molecule has 4 aromatic rings. The molecule has 0 radical (unpaired) electrons. The zero-order valence-electron chi connectivity index (χ0n) is 16.6. The molecule has 0 aliphatic carbocycles. The second kappa shape index (κ2) is 9.28. The van der Waals surface area contributed by atoms with Crippen LogP contribution in [0.4, 0.5) is 5.95 Å². The summed E-state index contributed by atoms with van der Waals surface area (Å²) in [4.78, 5) is 38.4. The summed E-state index contributed by atoms with van der Waals surface area (Å²) < 4.78 is 1.55. The number of hydrogen-bond acceptors (Lipinski definition) is 6. The summed E-state index contributed by atoms with van der Waals surface area (Å²) in [6.07, 6.45) is 1.58. The molecule has 0 fully saturated rings. The van der Waals surface area contributed by atoms with E-state index in [1.807, 2.05) is 31.2 Å². The highest BCUT2D eigenvalue weighted by molar-refractivity contribution is 7.99. The van der Waals surface area contributed by atoms with Crippen LogP contribution in [-0.2, 0) is 11.3 Å². The van der Waals surface area contributed by atoms with Gasteiger partial charge in [-0.2, -0.15) is 0 Å². The van der Waals surface area contributed by atoms with Crippen LogP contribution in [-0.4, -0.2) is 31.2 Å². The van der Waals surface area contributed by atoms with Crippen molar-refractivity contribution in [3.05, 3.63) is 87.4 Å². The lowest BCUT2D eigenvalue weighted by Gasteiger charge is -2.14. The van der Waals surface area contributed by atoms with E-state index in [0.717, 1.165) is 11.3 Å². The molecule has 1 N–H and O–H groups in total. The molecule has 2 aromatic carbocycles. The summed E-state index contributed by atoms with van der Waals surface area (Å²) in [6.45, 7) is 2.07. The highest BCUT2D eigenvalue weighted by Gasteiger charge is 2.15. The Kier molecular flexibility index (Phi) is 6.29. The van der Waals surface area contributed by atoms with Crippen LogP contribution in [0.2, 0.25) is 5.02 Å². The van der Waals surface area contributed by atoms with Crippen LogP contribution in [0.5, 0.6) is 0 Å². The molecule has 0 bridgehead atoms. The molecular weight excluding hydrogens is 434 g/mol. The van der Waals surface area contributed by atoms with Gasteiger partial charge >= 0.3 is 0 Å². The normalized spacial score (nSPS) is 10.9. The quantitative estimate of drug-likeness (QED) is 0.353. The molecule has 2 aromatic heterocycles. The zero-order chi connectivity index (χ0) is 21.8. The van der Waals surface area contributed by atoms with Crippen molar-refractivity contribution in [1.29, 1.82) is 0 Å². The van der Waals surface area contributed by atoms with Crippen molar-refractivity contribution in [2.24, 2.45) is 0 Å². The largest absolute Gasteiger partial charge is 0.294 e. The first-order valence-electron chi connectivity index (χ1n) is 9.46. The molecule has 156 valence electrons. The molecule has 0 saturated carbocycles. The van der Waals surface area contributed by atoms with Gasteiger partial charge in [0.1, 0.15) is 0 Å². The third-order valence-electron chi connectivity index (χ3n) is 4.49. The molecule has 0 aliphatic rings. The Hall–Kier alpha value is -3.23. The van der Waals surface area contributed by atoms with Crippen molar-refractivity contribution in [2.75, 3.05) is 11.1 Å². The fraction of sp³-hybridized carbons (Fsp3) is 0.136. The minimum Gasteiger partial charge on any atom is -0.294 e. The number of amides is 1. The Morgan fingerprint density at radius 1 is 1.10 bits per heavy atom. The van der Waals surface area contributed by atoms with E-state index >= 15 is 0 Å². The standard InChI is InChI=1S/C22H18ClN5O2S/c1-14-10-11-24-21(25-14)27-19(29)13-31-22-26-18-9-5-3-7-16(18)20(30)28(22)12-15-6-2-4-8-17(15)23/h2-11H,12-13H2,1H3,(H,24,25,27,29). The second-order valence-corrected chi connectivity index (χ2v) is 8.10. The topological polar surface area (TPSA) is 89.8 Å². The number of carbonyl (C=O) groups excluding carboxylic acids is 1. The number of para-hydroxylation sites is 1. The molecule has 0 saturated heterocycles. The summed E-state index contributed by atoms with van der Waals surface area (Å²) in [6, 6.07) is 16.2. The van der Waals surface area contributed by atoms with Gasteiger partial charge in [0, 0.05) is 16.9 Å². The molecule has 1 amide bonds. The Bertz CT molecular complexity index is 1320. The number of rotatable bonds is 6. The Labute approximate surface area is 187 Å². The number of nitrogens with one attached hydrogen (secondary N) is 1. The maximum absolute atomic E-state index is 13.2. The lowest BCUT2D eigenvalue weighted by molar-refractivity contribution is -0.113. The van der Waals surface area contributed by atoms with Crippen LogP contribution in [0.1, 0.15) is 11.3 Å². The van der Waals surface area contributed by atoms with Gasteiger partial charge in [0.05, 0.1) is 23.2 Å². The molecule has 4 rings (SSSR count). The van der Waals surface area contributed by atoms with Crippen LogP contribution < -0.4 is 10.9 Å². The van der Waals surface area contributed by atoms with E-state index in [4.69, 9.17) is 11.6 Å². The van der Waals surface area contributed by atoms with Crippen molar-refractivity contribution in [2.45, 2.75) is 18.6 Å². The van der Waals surface area contributed by atoms with Crippen molar-refractivity contribution in [3.8, 4) is 0 Å². The number of aromatic nitrogens is 4.